The second-order valence-electron chi connectivity index (χ2n) is 11.4. The first kappa shape index (κ1) is 26.7. The number of carbonyl (C=O) groups is 1. The Balaban J connectivity index is 2.12. The molecule has 4 nitrogen and oxygen atoms in total. The second-order valence-corrected chi connectivity index (χ2v) is 16.1. The summed E-state index contributed by atoms with van der Waals surface area (Å²) in [5.41, 5.74) is 2.26. The van der Waals surface area contributed by atoms with Crippen molar-refractivity contribution in [2.45, 2.75) is 123 Å². The van der Waals surface area contributed by atoms with Crippen LogP contribution < -0.4 is 0 Å². The van der Waals surface area contributed by atoms with Gasteiger partial charge in [0, 0.05) is 18.8 Å². The van der Waals surface area contributed by atoms with Crippen molar-refractivity contribution in [2.75, 3.05) is 0 Å². The molecule has 0 spiro atoms. The molecule has 0 aromatic heterocycles. The molecule has 0 amide bonds. The van der Waals surface area contributed by atoms with Crippen LogP contribution in [-0.2, 0) is 18.7 Å². The van der Waals surface area contributed by atoms with Gasteiger partial charge < -0.3 is 13.9 Å². The quantitative estimate of drug-likeness (QED) is 0.224. The van der Waals surface area contributed by atoms with Crippen molar-refractivity contribution in [2.24, 2.45) is 23.7 Å². The van der Waals surface area contributed by atoms with E-state index >= 15 is 0 Å². The van der Waals surface area contributed by atoms with Gasteiger partial charge in [-0.05, 0) is 76.4 Å². The van der Waals surface area contributed by atoms with Gasteiger partial charge in [-0.15, -0.1) is 0 Å². The van der Waals surface area contributed by atoms with E-state index in [1.54, 1.807) is 6.92 Å². The molecule has 5 heteroatoms. The zero-order chi connectivity index (χ0) is 24.6. The molecule has 0 unspecified atom stereocenters. The van der Waals surface area contributed by atoms with Gasteiger partial charge in [-0.3, -0.25) is 4.79 Å². The molecular formula is C28H48O4Si. The lowest BCUT2D eigenvalue weighted by atomic mass is 9.60. The first-order valence-electron chi connectivity index (χ1n) is 13.3. The van der Waals surface area contributed by atoms with Gasteiger partial charge in [-0.25, -0.2) is 0 Å². The largest absolute Gasteiger partial charge is 0.462 e. The van der Waals surface area contributed by atoms with E-state index in [2.05, 4.69) is 61.1 Å². The smallest absolute Gasteiger partial charge is 0.302 e. The highest BCUT2D eigenvalue weighted by molar-refractivity contribution is 6.73. The van der Waals surface area contributed by atoms with E-state index in [-0.39, 0.29) is 47.6 Å². The first-order chi connectivity index (χ1) is 15.5. The van der Waals surface area contributed by atoms with Crippen LogP contribution in [-0.4, -0.2) is 38.2 Å². The highest BCUT2D eigenvalue weighted by Gasteiger charge is 2.61. The first-order valence-corrected chi connectivity index (χ1v) is 15.9. The maximum Gasteiger partial charge on any atom is 0.302 e. The molecule has 1 saturated heterocycles. The lowest BCUT2D eigenvalue weighted by Gasteiger charge is -2.50. The Morgan fingerprint density at radius 2 is 1.85 bits per heavy atom. The SMILES string of the molecule is C=C(C)[C@H]1C[C@H](C)[C@H](OC(C)=O)[C@H]2[C@@H]1[C@H]1O[C@@H]2C/C(C)=C\CC[C@@]1(C)O[Si](CC)(CC)CC. The van der Waals surface area contributed by atoms with E-state index in [1.807, 2.05) is 0 Å². The van der Waals surface area contributed by atoms with Crippen molar-refractivity contribution in [1.29, 1.82) is 0 Å². The summed E-state index contributed by atoms with van der Waals surface area (Å²) in [6.07, 6.45) is 6.20. The number of hydrogen-bond acceptors (Lipinski definition) is 4. The van der Waals surface area contributed by atoms with E-state index in [0.29, 0.717) is 5.92 Å². The number of allylic oxidation sites excluding steroid dienone is 2. The van der Waals surface area contributed by atoms with E-state index in [1.165, 1.54) is 11.1 Å². The van der Waals surface area contributed by atoms with Crippen molar-refractivity contribution in [3.8, 4) is 0 Å². The lowest BCUT2D eigenvalue weighted by Crippen LogP contribution is -2.57. The minimum atomic E-state index is -1.86. The molecule has 0 radical (unpaired) electrons. The van der Waals surface area contributed by atoms with Crippen molar-refractivity contribution in [3.05, 3.63) is 23.8 Å². The molecule has 33 heavy (non-hydrogen) atoms. The normalized spacial score (nSPS) is 40.6. The average Bonchev–Trinajstić information content (AvgIpc) is 3.14. The number of fused-ring (bicyclic) bond motifs is 5. The van der Waals surface area contributed by atoms with Gasteiger partial charge in [-0.2, -0.15) is 0 Å². The molecule has 3 aliphatic rings. The number of rotatable bonds is 7. The van der Waals surface area contributed by atoms with Gasteiger partial charge in [0.2, 0.25) is 0 Å². The zero-order valence-electron chi connectivity index (χ0n) is 22.4. The topological polar surface area (TPSA) is 44.8 Å². The molecule has 1 saturated carbocycles. The van der Waals surface area contributed by atoms with Crippen LogP contribution in [0.15, 0.2) is 23.8 Å². The van der Waals surface area contributed by atoms with Gasteiger partial charge in [0.25, 0.3) is 0 Å². The second kappa shape index (κ2) is 10.4. The Kier molecular flexibility index (Phi) is 8.39. The molecule has 8 atom stereocenters. The Hall–Kier alpha value is -0.913. The van der Waals surface area contributed by atoms with Crippen LogP contribution in [0.25, 0.3) is 0 Å². The summed E-state index contributed by atoms with van der Waals surface area (Å²) in [7, 11) is -1.86. The van der Waals surface area contributed by atoms with Gasteiger partial charge in [0.05, 0.1) is 17.8 Å². The fourth-order valence-corrected chi connectivity index (χ4v) is 10.3. The molecule has 188 valence electrons. The molecule has 1 aliphatic carbocycles. The molecule has 2 heterocycles. The summed E-state index contributed by atoms with van der Waals surface area (Å²) < 4.78 is 20.4. The van der Waals surface area contributed by atoms with Crippen LogP contribution in [0.1, 0.15) is 81.1 Å². The van der Waals surface area contributed by atoms with Crippen molar-refractivity contribution >= 4 is 14.3 Å². The molecular weight excluding hydrogens is 428 g/mol. The summed E-state index contributed by atoms with van der Waals surface area (Å²) in [4.78, 5) is 12.1. The van der Waals surface area contributed by atoms with Crippen molar-refractivity contribution < 1.29 is 18.7 Å². The standard InChI is InChI=1S/C28H48O4Si/c1-10-33(11-2,12-3)32-28(9)15-13-14-19(6)16-23-25-24(27(28)31-23)22(18(4)5)17-20(7)26(25)30-21(8)29/h14,20,22-27H,4,10-13,15-17H2,1-3,5-9H3/b19-14-/t20-,22+,23+,24+,25+,26-,27+,28+/m0/s1. The summed E-state index contributed by atoms with van der Waals surface area (Å²) in [5.74, 6) is 0.904. The number of carbonyl (C=O) groups excluding carboxylic acids is 1. The maximum absolute atomic E-state index is 12.1. The molecule has 3 rings (SSSR count). The zero-order valence-corrected chi connectivity index (χ0v) is 23.4. The van der Waals surface area contributed by atoms with Crippen LogP contribution >= 0.6 is 0 Å². The van der Waals surface area contributed by atoms with E-state index in [0.717, 1.165) is 43.8 Å². The Morgan fingerprint density at radius 1 is 1.21 bits per heavy atom. The van der Waals surface area contributed by atoms with Crippen LogP contribution in [0.5, 0.6) is 0 Å². The maximum atomic E-state index is 12.1. The highest BCUT2D eigenvalue weighted by atomic mass is 28.4. The van der Waals surface area contributed by atoms with Gasteiger partial charge >= 0.3 is 5.97 Å². The number of hydrogen-bond donors (Lipinski definition) is 0. The fourth-order valence-electron chi connectivity index (χ4n) is 7.17. The van der Waals surface area contributed by atoms with Gasteiger partial charge in [0.1, 0.15) is 6.10 Å². The lowest BCUT2D eigenvalue weighted by molar-refractivity contribution is -0.158. The predicted molar refractivity (Wildman–Crippen MR) is 138 cm³/mol. The van der Waals surface area contributed by atoms with Crippen molar-refractivity contribution in [1.82, 2.24) is 0 Å². The third-order valence-corrected chi connectivity index (χ3v) is 13.9. The fraction of sp³-hybridized carbons (Fsp3) is 0.821. The predicted octanol–water partition coefficient (Wildman–Crippen LogP) is 7.06. The average molecular weight is 477 g/mol. The number of esters is 1. The van der Waals surface area contributed by atoms with E-state index in [9.17, 15) is 4.79 Å². The van der Waals surface area contributed by atoms with Crippen molar-refractivity contribution in [3.63, 3.8) is 0 Å². The van der Waals surface area contributed by atoms with Gasteiger partial charge in [0.15, 0.2) is 8.32 Å². The third kappa shape index (κ3) is 5.20. The Morgan fingerprint density at radius 3 is 2.39 bits per heavy atom. The summed E-state index contributed by atoms with van der Waals surface area (Å²) in [6, 6.07) is 3.39. The Labute approximate surface area is 203 Å². The molecule has 0 N–H and O–H groups in total. The van der Waals surface area contributed by atoms with Crippen LogP contribution in [0.2, 0.25) is 18.1 Å². The minimum absolute atomic E-state index is 0.00409. The summed E-state index contributed by atoms with van der Waals surface area (Å²) >= 11 is 0. The Bertz CT molecular complexity index is 749. The monoisotopic (exact) mass is 476 g/mol. The molecule has 0 aromatic rings. The van der Waals surface area contributed by atoms with Gasteiger partial charge in [-0.1, -0.05) is 51.5 Å². The summed E-state index contributed by atoms with van der Waals surface area (Å²) in [5, 5.41) is 0. The molecule has 2 bridgehead atoms. The van der Waals surface area contributed by atoms with E-state index < -0.39 is 8.32 Å². The summed E-state index contributed by atoms with van der Waals surface area (Å²) in [6.45, 7) is 21.8. The highest BCUT2D eigenvalue weighted by Crippen LogP contribution is 2.56. The van der Waals surface area contributed by atoms with Crippen LogP contribution in [0.4, 0.5) is 0 Å². The molecule has 2 aliphatic heterocycles. The molecule has 2 fully saturated rings. The van der Waals surface area contributed by atoms with Crippen LogP contribution in [0, 0.1) is 23.7 Å². The van der Waals surface area contributed by atoms with Crippen LogP contribution in [0.3, 0.4) is 0 Å². The van der Waals surface area contributed by atoms with E-state index in [4.69, 9.17) is 13.9 Å². The minimum Gasteiger partial charge on any atom is -0.462 e. The molecule has 0 aromatic carbocycles. The third-order valence-electron chi connectivity index (χ3n) is 9.15. The number of ether oxygens (including phenoxy) is 2.